The van der Waals surface area contributed by atoms with Gasteiger partial charge < -0.3 is 108 Å². The first-order valence-electron chi connectivity index (χ1n) is 26.1. The van der Waals surface area contributed by atoms with Gasteiger partial charge >= 0.3 is 0 Å². The van der Waals surface area contributed by atoms with Crippen molar-refractivity contribution in [1.29, 1.82) is 0 Å². The van der Waals surface area contributed by atoms with Crippen LogP contribution in [0.25, 0.3) is 10.8 Å². The minimum absolute atomic E-state index is 0.0319. The average Bonchev–Trinajstić information content (AvgIpc) is 3.36. The second-order valence-electron chi connectivity index (χ2n) is 21.2. The first-order valence-corrected chi connectivity index (χ1v) is 26.1. The predicted molar refractivity (Wildman–Crippen MR) is 259 cm³/mol. The Morgan fingerprint density at radius 1 is 0.632 bits per heavy atom. The monoisotopic (exact) mass is 1080 g/mol. The van der Waals surface area contributed by atoms with Crippen molar-refractivity contribution >= 4 is 22.3 Å². The van der Waals surface area contributed by atoms with E-state index < -0.39 is 176 Å². The van der Waals surface area contributed by atoms with Gasteiger partial charge in [-0.2, -0.15) is 0 Å². The van der Waals surface area contributed by atoms with Crippen LogP contribution in [0.1, 0.15) is 95.1 Å². The smallest absolute Gasteiger partial charge is 0.202 e. The molecule has 6 aliphatic rings. The fraction of sp³-hybridized carbons (Fsp3) is 0.769. The van der Waals surface area contributed by atoms with Crippen LogP contribution in [0.15, 0.2) is 12.1 Å². The third-order valence-electron chi connectivity index (χ3n) is 15.7. The molecule has 0 aromatic heterocycles. The topological polar surface area (TPSA) is 347 Å². The van der Waals surface area contributed by atoms with E-state index in [2.05, 4.69) is 0 Å². The lowest BCUT2D eigenvalue weighted by atomic mass is 9.75. The van der Waals surface area contributed by atoms with Crippen LogP contribution in [0, 0.1) is 12.8 Å². The fourth-order valence-corrected chi connectivity index (χ4v) is 11.4. The molecule has 5 aliphatic heterocycles. The molecule has 2 aromatic carbocycles. The summed E-state index contributed by atoms with van der Waals surface area (Å²) < 4.78 is 72.0. The summed E-state index contributed by atoms with van der Waals surface area (Å²) in [6.45, 7) is 10.9. The normalized spacial score (nSPS) is 41.5. The van der Waals surface area contributed by atoms with Gasteiger partial charge in [-0.25, -0.2) is 0 Å². The number of fused-ring (bicyclic) bond motifs is 2. The average molecular weight is 1090 g/mol. The van der Waals surface area contributed by atoms with Gasteiger partial charge in [0.15, 0.2) is 36.7 Å². The zero-order valence-electron chi connectivity index (χ0n) is 44.0. The number of carbonyl (C=O) groups is 2. The number of ether oxygens (including phenoxy) is 12. The molecule has 0 unspecified atom stereocenters. The number of phenolic OH excluding ortho intramolecular Hbond substituents is 2. The predicted octanol–water partition coefficient (Wildman–Crippen LogP) is 0.0147. The van der Waals surface area contributed by atoms with Crippen LogP contribution in [0.4, 0.5) is 0 Å². The SMILES string of the molecule is CO[C@H]1[C@@H](O)C[C@H](O[C@@H]2[C@H](O)C[C@@H](O[C@H]3C[C@H](O[C@@H]4C(=O)c5c(cc6cc(O[C@H]7C[C@H](O[C@H]8C[C@@H](O)[C@H](O)[C@@H](C)O8)[C@H](O)[C@@H](C)O7)c(C)c(O)c6c5O)C[C@H]4[C@H](OC)C(=O)[C@@H](O)[C@@H](C)O)O[C@H](C)[C@H]3O)O[C@@H]2C)O[C@@H]1C. The maximum atomic E-state index is 15.0. The summed E-state index contributed by atoms with van der Waals surface area (Å²) in [4.78, 5) is 28.9. The highest BCUT2D eigenvalue weighted by molar-refractivity contribution is 6.11. The number of aliphatic hydroxyl groups is 8. The molecular weight excluding hydrogens is 1010 g/mol. The van der Waals surface area contributed by atoms with Gasteiger partial charge in [0.05, 0.1) is 78.1 Å². The van der Waals surface area contributed by atoms with Crippen molar-refractivity contribution in [3.63, 3.8) is 0 Å². The second-order valence-corrected chi connectivity index (χ2v) is 21.2. The van der Waals surface area contributed by atoms with Gasteiger partial charge in [0.1, 0.15) is 66.1 Å². The molecule has 5 fully saturated rings. The summed E-state index contributed by atoms with van der Waals surface area (Å²) in [7, 11) is 2.66. The van der Waals surface area contributed by atoms with Gasteiger partial charge in [-0.1, -0.05) is 0 Å². The van der Waals surface area contributed by atoms with Crippen LogP contribution in [-0.4, -0.2) is 224 Å². The fourth-order valence-electron chi connectivity index (χ4n) is 11.4. The van der Waals surface area contributed by atoms with E-state index in [1.807, 2.05) is 0 Å². The van der Waals surface area contributed by atoms with Crippen molar-refractivity contribution in [1.82, 2.24) is 0 Å². The first kappa shape index (κ1) is 58.8. The number of carbonyl (C=O) groups excluding carboxylic acids is 2. The van der Waals surface area contributed by atoms with Crippen LogP contribution < -0.4 is 4.74 Å². The Kier molecular flexibility index (Phi) is 18.7. The number of Topliss-reactive ketones (excluding diaryl/α,β-unsaturated/α-hetero) is 2. The standard InChI is InChI=1S/C52H76O24/c1-18-31(72-37-16-32(44(60)21(4)68-37)73-34-13-28(54)43(59)20(3)67-34)12-26-10-25-11-27(51(66-9)48(64)42(58)19(2)53)52(47(63)40(25)46(62)39(26)41(18)57)76-38-17-33(45(61)22(5)69-38)74-35-15-30(56)50(24(7)71-35)75-36-14-29(55)49(65-8)23(6)70-36/h10,12,19-24,27-30,32-38,42-45,49-62H,11,13-17H2,1-9H3/t19-,20-,21-,22-,23-,24-,27+,28-,29+,30-,32+,33+,34+,35-,36+,37+,38+,42+,43-,44-,45-,49-,50+,51+,52+/m1/s1. The highest BCUT2D eigenvalue weighted by Crippen LogP contribution is 2.47. The lowest BCUT2D eigenvalue weighted by Gasteiger charge is -2.45. The van der Waals surface area contributed by atoms with E-state index in [0.717, 1.165) is 0 Å². The van der Waals surface area contributed by atoms with Crippen LogP contribution >= 0.6 is 0 Å². The minimum Gasteiger partial charge on any atom is -0.507 e. The van der Waals surface area contributed by atoms with E-state index in [0.29, 0.717) is 0 Å². The molecular formula is C52H76O24. The Morgan fingerprint density at radius 2 is 1.13 bits per heavy atom. The van der Waals surface area contributed by atoms with Crippen molar-refractivity contribution in [2.75, 3.05) is 14.2 Å². The quantitative estimate of drug-likeness (QED) is 0.106. The highest BCUT2D eigenvalue weighted by Gasteiger charge is 2.51. The first-order chi connectivity index (χ1) is 35.9. The van der Waals surface area contributed by atoms with Gasteiger partial charge in [-0.3, -0.25) is 9.59 Å². The zero-order valence-corrected chi connectivity index (χ0v) is 44.0. The largest absolute Gasteiger partial charge is 0.507 e. The minimum atomic E-state index is -1.94. The summed E-state index contributed by atoms with van der Waals surface area (Å²) in [6.07, 6.45) is -26.3. The highest BCUT2D eigenvalue weighted by atomic mass is 16.7. The van der Waals surface area contributed by atoms with Gasteiger partial charge in [-0.15, -0.1) is 0 Å². The van der Waals surface area contributed by atoms with Gasteiger partial charge in [0, 0.05) is 57.8 Å². The van der Waals surface area contributed by atoms with Crippen molar-refractivity contribution in [3.05, 3.63) is 28.8 Å². The molecule has 8 rings (SSSR count). The summed E-state index contributed by atoms with van der Waals surface area (Å²) in [5, 5.41) is 110. The molecule has 10 N–H and O–H groups in total. The summed E-state index contributed by atoms with van der Waals surface area (Å²) in [5.41, 5.74) is 0.0890. The van der Waals surface area contributed by atoms with Gasteiger partial charge in [-0.05, 0) is 78.0 Å². The van der Waals surface area contributed by atoms with E-state index in [1.165, 1.54) is 40.2 Å². The molecule has 76 heavy (non-hydrogen) atoms. The Hall–Kier alpha value is -3.32. The number of aliphatic hydroxyl groups excluding tert-OH is 8. The maximum Gasteiger partial charge on any atom is 0.202 e. The lowest BCUT2D eigenvalue weighted by molar-refractivity contribution is -0.332. The molecule has 428 valence electrons. The molecule has 0 bridgehead atoms. The molecule has 2 aromatic rings. The third-order valence-corrected chi connectivity index (χ3v) is 15.7. The number of hydrogen-bond acceptors (Lipinski definition) is 24. The molecule has 0 radical (unpaired) electrons. The Labute approximate surface area is 439 Å². The molecule has 5 saturated heterocycles. The molecule has 24 nitrogen and oxygen atoms in total. The van der Waals surface area contributed by atoms with E-state index >= 15 is 0 Å². The summed E-state index contributed by atoms with van der Waals surface area (Å²) >= 11 is 0. The van der Waals surface area contributed by atoms with Gasteiger partial charge in [0.25, 0.3) is 0 Å². The number of methoxy groups -OCH3 is 2. The number of phenols is 2. The summed E-state index contributed by atoms with van der Waals surface area (Å²) in [5.74, 6) is -4.02. The summed E-state index contributed by atoms with van der Waals surface area (Å²) in [6, 6.07) is 3.04. The zero-order chi connectivity index (χ0) is 55.3. The van der Waals surface area contributed by atoms with Crippen molar-refractivity contribution < 1.29 is 117 Å². The Bertz CT molecular complexity index is 2300. The van der Waals surface area contributed by atoms with Crippen molar-refractivity contribution in [3.8, 4) is 17.2 Å². The van der Waals surface area contributed by atoms with Crippen molar-refractivity contribution in [2.24, 2.45) is 5.92 Å². The van der Waals surface area contributed by atoms with E-state index in [-0.39, 0.29) is 71.7 Å². The Balaban J connectivity index is 1.02. The molecule has 1 aliphatic carbocycles. The van der Waals surface area contributed by atoms with Crippen LogP contribution in [-0.2, 0) is 63.3 Å². The molecule has 0 spiro atoms. The number of hydrogen-bond donors (Lipinski definition) is 10. The number of benzene rings is 2. The lowest BCUT2D eigenvalue weighted by Crippen LogP contribution is -2.57. The molecule has 25 atom stereocenters. The van der Waals surface area contributed by atoms with Crippen LogP contribution in [0.3, 0.4) is 0 Å². The molecule has 5 heterocycles. The number of aromatic hydroxyl groups is 2. The van der Waals surface area contributed by atoms with Crippen LogP contribution in [0.5, 0.6) is 17.2 Å². The number of ketones is 2. The molecule has 0 saturated carbocycles. The van der Waals surface area contributed by atoms with E-state index in [4.69, 9.17) is 56.8 Å². The third kappa shape index (κ3) is 12.1. The molecule has 0 amide bonds. The number of rotatable bonds is 16. The molecule has 24 heteroatoms. The van der Waals surface area contributed by atoms with E-state index in [1.54, 1.807) is 34.6 Å². The second kappa shape index (κ2) is 24.2. The Morgan fingerprint density at radius 3 is 1.67 bits per heavy atom. The van der Waals surface area contributed by atoms with E-state index in [9.17, 15) is 60.7 Å². The van der Waals surface area contributed by atoms with Gasteiger partial charge in [0.2, 0.25) is 6.29 Å². The van der Waals surface area contributed by atoms with Crippen LogP contribution in [0.2, 0.25) is 0 Å². The maximum absolute atomic E-state index is 15.0. The van der Waals surface area contributed by atoms with Crippen molar-refractivity contribution in [2.45, 2.75) is 234 Å².